The van der Waals surface area contributed by atoms with Gasteiger partial charge in [0.25, 0.3) is 0 Å². The molecule has 1 aromatic carbocycles. The molecule has 5 heteroatoms. The molecule has 0 fully saturated rings. The molecule has 0 spiro atoms. The first-order valence-corrected chi connectivity index (χ1v) is 6.32. The van der Waals surface area contributed by atoms with Crippen molar-refractivity contribution in [2.24, 2.45) is 0 Å². The summed E-state index contributed by atoms with van der Waals surface area (Å²) in [7, 11) is 0. The Morgan fingerprint density at radius 1 is 1.24 bits per heavy atom. The molecule has 4 nitrogen and oxygen atoms in total. The number of benzene rings is 1. The molecule has 0 atom stereocenters. The maximum Gasteiger partial charge on any atom is 0.192 e. The van der Waals surface area contributed by atoms with Crippen LogP contribution in [0.3, 0.4) is 0 Å². The van der Waals surface area contributed by atoms with E-state index >= 15 is 0 Å². The van der Waals surface area contributed by atoms with Gasteiger partial charge in [0.1, 0.15) is 6.33 Å². The van der Waals surface area contributed by atoms with Crippen LogP contribution < -0.4 is 0 Å². The number of pyridine rings is 1. The van der Waals surface area contributed by atoms with Crippen molar-refractivity contribution in [1.82, 2.24) is 19.7 Å². The normalized spacial score (nSPS) is 13.4. The Balaban J connectivity index is 2.08. The van der Waals surface area contributed by atoms with Gasteiger partial charge in [-0.1, -0.05) is 30.0 Å². The molecular weight excluding hydrogens is 232 g/mol. The van der Waals surface area contributed by atoms with Gasteiger partial charge in [-0.2, -0.15) is 9.78 Å². The summed E-state index contributed by atoms with van der Waals surface area (Å²) in [6, 6.07) is 10.3. The minimum absolute atomic E-state index is 0.909. The number of para-hydroxylation sites is 1. The molecule has 17 heavy (non-hydrogen) atoms. The van der Waals surface area contributed by atoms with Crippen LogP contribution in [0.15, 0.2) is 41.8 Å². The SMILES string of the molecule is c1ccc2nc3c(cc2c1)CSc1ncnn1-3. The first kappa shape index (κ1) is 9.18. The van der Waals surface area contributed by atoms with E-state index in [2.05, 4.69) is 27.2 Å². The summed E-state index contributed by atoms with van der Waals surface area (Å²) in [6.07, 6.45) is 1.58. The second kappa shape index (κ2) is 3.30. The standard InChI is InChI=1S/C12H8N4S/c1-2-4-10-8(3-1)5-9-6-17-12-13-7-14-16(12)11(9)15-10/h1-5,7H,6H2. The number of thioether (sulfide) groups is 1. The third-order valence-electron chi connectivity index (χ3n) is 2.85. The van der Waals surface area contributed by atoms with Gasteiger partial charge in [0.05, 0.1) is 5.52 Å². The molecule has 4 rings (SSSR count). The average molecular weight is 240 g/mol. The largest absolute Gasteiger partial charge is 0.228 e. The quantitative estimate of drug-likeness (QED) is 0.605. The lowest BCUT2D eigenvalue weighted by molar-refractivity contribution is 0.748. The van der Waals surface area contributed by atoms with Gasteiger partial charge in [0.15, 0.2) is 11.0 Å². The van der Waals surface area contributed by atoms with Crippen LogP contribution in [-0.4, -0.2) is 19.7 Å². The molecule has 0 aliphatic carbocycles. The summed E-state index contributed by atoms with van der Waals surface area (Å²) in [6.45, 7) is 0. The Labute approximate surface area is 102 Å². The third-order valence-corrected chi connectivity index (χ3v) is 3.85. The lowest BCUT2D eigenvalue weighted by Crippen LogP contribution is -2.09. The molecule has 0 radical (unpaired) electrons. The number of aromatic nitrogens is 4. The van der Waals surface area contributed by atoms with Gasteiger partial charge < -0.3 is 0 Å². The molecule has 3 aromatic rings. The Morgan fingerprint density at radius 2 is 2.18 bits per heavy atom. The predicted octanol–water partition coefficient (Wildman–Crippen LogP) is 2.42. The average Bonchev–Trinajstić information content (AvgIpc) is 2.85. The maximum absolute atomic E-state index is 4.68. The van der Waals surface area contributed by atoms with Crippen molar-refractivity contribution in [3.63, 3.8) is 0 Å². The number of nitrogens with zero attached hydrogens (tertiary/aromatic N) is 4. The number of fused-ring (bicyclic) bond motifs is 4. The maximum atomic E-state index is 4.68. The van der Waals surface area contributed by atoms with Crippen molar-refractivity contribution < 1.29 is 0 Å². The van der Waals surface area contributed by atoms with E-state index in [1.165, 1.54) is 10.9 Å². The topological polar surface area (TPSA) is 43.6 Å². The van der Waals surface area contributed by atoms with E-state index in [0.29, 0.717) is 0 Å². The minimum Gasteiger partial charge on any atom is -0.228 e. The highest BCUT2D eigenvalue weighted by Gasteiger charge is 2.19. The molecule has 1 aliphatic heterocycles. The Hall–Kier alpha value is -1.88. The fourth-order valence-corrected chi connectivity index (χ4v) is 2.93. The molecule has 0 amide bonds. The van der Waals surface area contributed by atoms with Crippen LogP contribution in [0.25, 0.3) is 16.7 Å². The molecule has 2 aromatic heterocycles. The van der Waals surface area contributed by atoms with Crippen molar-refractivity contribution >= 4 is 22.7 Å². The second-order valence-corrected chi connectivity index (χ2v) is 4.85. The summed E-state index contributed by atoms with van der Waals surface area (Å²) in [5.74, 6) is 1.82. The molecule has 0 bridgehead atoms. The number of hydrogen-bond donors (Lipinski definition) is 0. The smallest absolute Gasteiger partial charge is 0.192 e. The van der Waals surface area contributed by atoms with Gasteiger partial charge in [0.2, 0.25) is 0 Å². The van der Waals surface area contributed by atoms with Crippen LogP contribution in [0.4, 0.5) is 0 Å². The highest BCUT2D eigenvalue weighted by atomic mass is 32.2. The van der Waals surface area contributed by atoms with Crippen LogP contribution >= 0.6 is 11.8 Å². The van der Waals surface area contributed by atoms with Crippen LogP contribution in [0.5, 0.6) is 0 Å². The second-order valence-electron chi connectivity index (χ2n) is 3.91. The van der Waals surface area contributed by atoms with Crippen molar-refractivity contribution in [1.29, 1.82) is 0 Å². The first-order valence-electron chi connectivity index (χ1n) is 5.34. The zero-order chi connectivity index (χ0) is 11.2. The molecule has 3 heterocycles. The van der Waals surface area contributed by atoms with Crippen molar-refractivity contribution in [3.05, 3.63) is 42.2 Å². The van der Waals surface area contributed by atoms with Gasteiger partial charge in [-0.15, -0.1) is 0 Å². The molecule has 82 valence electrons. The molecule has 0 saturated heterocycles. The van der Waals surface area contributed by atoms with Gasteiger partial charge in [-0.3, -0.25) is 0 Å². The number of rotatable bonds is 0. The monoisotopic (exact) mass is 240 g/mol. The van der Waals surface area contributed by atoms with Crippen LogP contribution in [0.2, 0.25) is 0 Å². The number of hydrogen-bond acceptors (Lipinski definition) is 4. The van der Waals surface area contributed by atoms with Crippen molar-refractivity contribution in [3.8, 4) is 5.82 Å². The van der Waals surface area contributed by atoms with Crippen molar-refractivity contribution in [2.45, 2.75) is 10.9 Å². The zero-order valence-corrected chi connectivity index (χ0v) is 9.68. The minimum atomic E-state index is 0.909. The highest BCUT2D eigenvalue weighted by molar-refractivity contribution is 7.98. The summed E-state index contributed by atoms with van der Waals surface area (Å²) < 4.78 is 1.82. The summed E-state index contributed by atoms with van der Waals surface area (Å²) in [5, 5.41) is 6.32. The van der Waals surface area contributed by atoms with E-state index in [-0.39, 0.29) is 0 Å². The van der Waals surface area contributed by atoms with Gasteiger partial charge in [0, 0.05) is 16.7 Å². The van der Waals surface area contributed by atoms with Crippen LogP contribution in [-0.2, 0) is 5.75 Å². The summed E-state index contributed by atoms with van der Waals surface area (Å²) in [4.78, 5) is 8.89. The fourth-order valence-electron chi connectivity index (χ4n) is 2.06. The molecule has 1 aliphatic rings. The van der Waals surface area contributed by atoms with E-state index in [1.807, 2.05) is 22.9 Å². The van der Waals surface area contributed by atoms with E-state index in [0.717, 1.165) is 22.2 Å². The summed E-state index contributed by atoms with van der Waals surface area (Å²) >= 11 is 1.70. The van der Waals surface area contributed by atoms with Gasteiger partial charge in [-0.25, -0.2) is 9.97 Å². The molecule has 0 N–H and O–H groups in total. The molecular formula is C12H8N4S. The van der Waals surface area contributed by atoms with E-state index < -0.39 is 0 Å². The highest BCUT2D eigenvalue weighted by Crippen LogP contribution is 2.32. The molecule has 0 unspecified atom stereocenters. The van der Waals surface area contributed by atoms with E-state index in [1.54, 1.807) is 18.1 Å². The van der Waals surface area contributed by atoms with Crippen LogP contribution in [0, 0.1) is 0 Å². The summed E-state index contributed by atoms with van der Waals surface area (Å²) in [5.41, 5.74) is 2.21. The Morgan fingerprint density at radius 3 is 3.18 bits per heavy atom. The van der Waals surface area contributed by atoms with Crippen molar-refractivity contribution in [2.75, 3.05) is 0 Å². The third kappa shape index (κ3) is 1.29. The van der Waals surface area contributed by atoms with E-state index in [9.17, 15) is 0 Å². The Kier molecular flexibility index (Phi) is 1.78. The first-order chi connectivity index (χ1) is 8.42. The lowest BCUT2D eigenvalue weighted by atomic mass is 10.1. The fraction of sp³-hybridized carbons (Fsp3) is 0.0833. The predicted molar refractivity (Wildman–Crippen MR) is 66.2 cm³/mol. The lowest BCUT2D eigenvalue weighted by Gasteiger charge is -2.15. The van der Waals surface area contributed by atoms with Gasteiger partial charge in [-0.05, 0) is 12.1 Å². The van der Waals surface area contributed by atoms with Crippen LogP contribution in [0.1, 0.15) is 5.56 Å². The molecule has 0 saturated carbocycles. The van der Waals surface area contributed by atoms with E-state index in [4.69, 9.17) is 0 Å². The van der Waals surface area contributed by atoms with Gasteiger partial charge >= 0.3 is 0 Å². The zero-order valence-electron chi connectivity index (χ0n) is 8.87. The Bertz CT molecular complexity index is 719.